The van der Waals surface area contributed by atoms with Gasteiger partial charge in [0.25, 0.3) is 0 Å². The molecule has 3 heterocycles. The van der Waals surface area contributed by atoms with Crippen LogP contribution in [-0.4, -0.2) is 4.57 Å². The van der Waals surface area contributed by atoms with Crippen molar-refractivity contribution in [3.05, 3.63) is 152 Å². The smallest absolute Gasteiger partial charge is 0.146 e. The molecule has 12 rings (SSSR count). The molecule has 49 heavy (non-hydrogen) atoms. The topological polar surface area (TPSA) is 18.1 Å². The Kier molecular flexibility index (Phi) is 4.89. The van der Waals surface area contributed by atoms with Crippen molar-refractivity contribution in [3.8, 4) is 39.1 Å². The lowest BCUT2D eigenvalue weighted by atomic mass is 9.94. The van der Waals surface area contributed by atoms with E-state index in [4.69, 9.17) is 4.42 Å². The monoisotopic (exact) mass is 639 g/mol. The standard InChI is InChI=1S/C46H25NOS/c1-2-11-30-29(10-1)32-16-9-15-31-28(24-25-33(30)40(31)32)26-20-22-27(23-21-26)47-37-17-6-3-12-34(37)42-44(47)41-35-13-4-7-18-38(35)48-45(41)43-36-14-5-8-19-39(36)49-46(42)43/h1-25H. The van der Waals surface area contributed by atoms with Crippen molar-refractivity contribution < 1.29 is 4.42 Å². The third-order valence-electron chi connectivity index (χ3n) is 10.7. The predicted octanol–water partition coefficient (Wildman–Crippen LogP) is 13.5. The fraction of sp³-hybridized carbons (Fsp3) is 0. The maximum Gasteiger partial charge on any atom is 0.146 e. The van der Waals surface area contributed by atoms with Gasteiger partial charge < -0.3 is 8.98 Å². The summed E-state index contributed by atoms with van der Waals surface area (Å²) in [4.78, 5) is 0. The van der Waals surface area contributed by atoms with Gasteiger partial charge in [-0.1, -0.05) is 121 Å². The average molecular weight is 640 g/mol. The number of thiophene rings is 1. The molecule has 0 unspecified atom stereocenters. The number of aromatic nitrogens is 1. The van der Waals surface area contributed by atoms with E-state index in [9.17, 15) is 0 Å². The Morgan fingerprint density at radius 1 is 0.429 bits per heavy atom. The molecule has 0 aliphatic heterocycles. The predicted molar refractivity (Wildman–Crippen MR) is 208 cm³/mol. The van der Waals surface area contributed by atoms with Gasteiger partial charge in [-0.2, -0.15) is 0 Å². The van der Waals surface area contributed by atoms with Crippen molar-refractivity contribution in [1.29, 1.82) is 0 Å². The summed E-state index contributed by atoms with van der Waals surface area (Å²) in [5, 5.41) is 10.0. The van der Waals surface area contributed by atoms with E-state index in [2.05, 4.69) is 156 Å². The molecule has 0 radical (unpaired) electrons. The summed E-state index contributed by atoms with van der Waals surface area (Å²) >= 11 is 1.87. The number of nitrogens with zero attached hydrogens (tertiary/aromatic N) is 1. The molecule has 0 saturated carbocycles. The molecule has 0 fully saturated rings. The van der Waals surface area contributed by atoms with Crippen LogP contribution in [0.3, 0.4) is 0 Å². The van der Waals surface area contributed by atoms with Crippen molar-refractivity contribution in [2.24, 2.45) is 0 Å². The Hall–Kier alpha value is -6.16. The van der Waals surface area contributed by atoms with Crippen molar-refractivity contribution in [3.63, 3.8) is 0 Å². The first kappa shape index (κ1) is 25.9. The van der Waals surface area contributed by atoms with E-state index in [-0.39, 0.29) is 0 Å². The van der Waals surface area contributed by atoms with Gasteiger partial charge in [-0.05, 0) is 74.5 Å². The highest BCUT2D eigenvalue weighted by atomic mass is 32.1. The number of para-hydroxylation sites is 2. The molecule has 0 spiro atoms. The van der Waals surface area contributed by atoms with Gasteiger partial charge in [-0.3, -0.25) is 0 Å². The summed E-state index contributed by atoms with van der Waals surface area (Å²) in [6, 6.07) is 55.4. The lowest BCUT2D eigenvalue weighted by molar-refractivity contribution is 0.673. The number of furan rings is 1. The number of benzene rings is 8. The summed E-state index contributed by atoms with van der Waals surface area (Å²) < 4.78 is 11.8. The summed E-state index contributed by atoms with van der Waals surface area (Å²) in [7, 11) is 0. The zero-order chi connectivity index (χ0) is 31.8. The molecule has 3 heteroatoms. The number of hydrogen-bond donors (Lipinski definition) is 0. The van der Waals surface area contributed by atoms with Crippen LogP contribution in [0.15, 0.2) is 156 Å². The van der Waals surface area contributed by atoms with Gasteiger partial charge in [0.05, 0.1) is 16.4 Å². The van der Waals surface area contributed by atoms with Crippen LogP contribution in [0.5, 0.6) is 0 Å². The second-order valence-electron chi connectivity index (χ2n) is 13.2. The van der Waals surface area contributed by atoms with Gasteiger partial charge >= 0.3 is 0 Å². The van der Waals surface area contributed by atoms with E-state index in [0.29, 0.717) is 0 Å². The Morgan fingerprint density at radius 2 is 1.08 bits per heavy atom. The Morgan fingerprint density at radius 3 is 1.94 bits per heavy atom. The maximum absolute atomic E-state index is 6.79. The van der Waals surface area contributed by atoms with Crippen molar-refractivity contribution >= 4 is 86.0 Å². The molecule has 8 aromatic carbocycles. The summed E-state index contributed by atoms with van der Waals surface area (Å²) in [5.41, 5.74) is 13.2. The molecule has 1 aliphatic carbocycles. The Bertz CT molecular complexity index is 3150. The molecule has 3 aromatic heterocycles. The van der Waals surface area contributed by atoms with Crippen molar-refractivity contribution in [2.75, 3.05) is 0 Å². The fourth-order valence-corrected chi connectivity index (χ4v) is 9.99. The van der Waals surface area contributed by atoms with Gasteiger partial charge in [0.2, 0.25) is 0 Å². The van der Waals surface area contributed by atoms with E-state index < -0.39 is 0 Å². The molecule has 2 nitrogen and oxygen atoms in total. The largest absolute Gasteiger partial charge is 0.455 e. The molecule has 0 saturated heterocycles. The van der Waals surface area contributed by atoms with Gasteiger partial charge in [0, 0.05) is 42.0 Å². The minimum Gasteiger partial charge on any atom is -0.455 e. The molecular weight excluding hydrogens is 615 g/mol. The third kappa shape index (κ3) is 3.25. The second kappa shape index (κ2) is 9.25. The van der Waals surface area contributed by atoms with Crippen LogP contribution in [0.25, 0.3) is 114 Å². The molecule has 0 atom stereocenters. The maximum atomic E-state index is 6.79. The van der Waals surface area contributed by atoms with E-state index in [1.165, 1.54) is 91.5 Å². The Balaban J connectivity index is 1.15. The van der Waals surface area contributed by atoms with Crippen molar-refractivity contribution in [1.82, 2.24) is 4.57 Å². The van der Waals surface area contributed by atoms with Crippen LogP contribution in [0, 0.1) is 0 Å². The number of hydrogen-bond acceptors (Lipinski definition) is 2. The molecule has 226 valence electrons. The Labute approximate surface area is 284 Å². The molecule has 0 bridgehead atoms. The number of rotatable bonds is 2. The lowest BCUT2D eigenvalue weighted by Gasteiger charge is -2.12. The first-order valence-electron chi connectivity index (χ1n) is 16.8. The van der Waals surface area contributed by atoms with E-state index in [0.717, 1.165) is 22.2 Å². The minimum atomic E-state index is 0.919. The quantitative estimate of drug-likeness (QED) is 0.184. The van der Waals surface area contributed by atoms with Crippen LogP contribution in [-0.2, 0) is 0 Å². The van der Waals surface area contributed by atoms with E-state index in [1.54, 1.807) is 0 Å². The first-order valence-corrected chi connectivity index (χ1v) is 17.6. The van der Waals surface area contributed by atoms with Crippen LogP contribution >= 0.6 is 11.3 Å². The molecule has 0 amide bonds. The average Bonchev–Trinajstić information content (AvgIpc) is 3.91. The van der Waals surface area contributed by atoms with Crippen LogP contribution in [0.2, 0.25) is 0 Å². The third-order valence-corrected chi connectivity index (χ3v) is 11.9. The van der Waals surface area contributed by atoms with E-state index in [1.807, 2.05) is 11.3 Å². The van der Waals surface area contributed by atoms with Gasteiger partial charge in [-0.15, -0.1) is 11.3 Å². The lowest BCUT2D eigenvalue weighted by Crippen LogP contribution is -1.94. The minimum absolute atomic E-state index is 0.919. The fourth-order valence-electron chi connectivity index (χ4n) is 8.73. The van der Waals surface area contributed by atoms with E-state index >= 15 is 0 Å². The molecule has 11 aromatic rings. The SMILES string of the molecule is c1ccc2c(c1)-c1cccc3c(-c4ccc(-n5c6ccccc6c6c7sc8ccccc8c7c7oc8ccccc8c7c65)cc4)ccc-2c13. The van der Waals surface area contributed by atoms with Gasteiger partial charge in [-0.25, -0.2) is 0 Å². The molecule has 0 N–H and O–H groups in total. The highest BCUT2D eigenvalue weighted by Gasteiger charge is 2.26. The van der Waals surface area contributed by atoms with Crippen LogP contribution in [0.1, 0.15) is 0 Å². The summed E-state index contributed by atoms with van der Waals surface area (Å²) in [6.07, 6.45) is 0. The van der Waals surface area contributed by atoms with Gasteiger partial charge in [0.1, 0.15) is 11.2 Å². The number of fused-ring (bicyclic) bond motifs is 15. The van der Waals surface area contributed by atoms with Gasteiger partial charge in [0.15, 0.2) is 0 Å². The van der Waals surface area contributed by atoms with Crippen molar-refractivity contribution in [2.45, 2.75) is 0 Å². The first-order chi connectivity index (χ1) is 24.3. The summed E-state index contributed by atoms with van der Waals surface area (Å²) in [5.74, 6) is 0. The van der Waals surface area contributed by atoms with Crippen LogP contribution < -0.4 is 0 Å². The summed E-state index contributed by atoms with van der Waals surface area (Å²) in [6.45, 7) is 0. The normalized spacial score (nSPS) is 12.5. The highest BCUT2D eigenvalue weighted by Crippen LogP contribution is 2.51. The highest BCUT2D eigenvalue weighted by molar-refractivity contribution is 7.27. The molecule has 1 aliphatic rings. The second-order valence-corrected chi connectivity index (χ2v) is 14.2. The molecular formula is C46H25NOS. The zero-order valence-corrected chi connectivity index (χ0v) is 27.0. The van der Waals surface area contributed by atoms with Crippen LogP contribution in [0.4, 0.5) is 0 Å². The zero-order valence-electron chi connectivity index (χ0n) is 26.2.